The first-order valence-electron chi connectivity index (χ1n) is 11.3. The number of ether oxygens (including phenoxy) is 1. The van der Waals surface area contributed by atoms with E-state index in [2.05, 4.69) is 15.5 Å². The number of rotatable bonds is 6. The summed E-state index contributed by atoms with van der Waals surface area (Å²) in [5.74, 6) is -0.681. The molecule has 36 heavy (non-hydrogen) atoms. The van der Waals surface area contributed by atoms with Gasteiger partial charge in [-0.2, -0.15) is 0 Å². The largest absolute Gasteiger partial charge is 0.484 e. The Morgan fingerprint density at radius 3 is 2.39 bits per heavy atom. The second-order valence-electron chi connectivity index (χ2n) is 8.02. The zero-order valence-electron chi connectivity index (χ0n) is 19.2. The van der Waals surface area contributed by atoms with Gasteiger partial charge in [-0.1, -0.05) is 41.9 Å². The number of anilines is 2. The van der Waals surface area contributed by atoms with Crippen LogP contribution in [0, 0.1) is 5.82 Å². The normalized spacial score (nSPS) is 13.2. The molecular weight excluding hydrogens is 503 g/mol. The molecule has 4 rings (SSSR count). The van der Waals surface area contributed by atoms with Gasteiger partial charge in [0.25, 0.3) is 11.8 Å². The summed E-state index contributed by atoms with van der Waals surface area (Å²) in [4.78, 5) is 28.7. The summed E-state index contributed by atoms with van der Waals surface area (Å²) in [5, 5.41) is 6.23. The third kappa shape index (κ3) is 6.50. The molecule has 0 bridgehead atoms. The second-order valence-corrected chi connectivity index (χ2v) is 8.87. The maximum atomic E-state index is 14.0. The van der Waals surface area contributed by atoms with E-state index in [9.17, 15) is 14.0 Å². The van der Waals surface area contributed by atoms with Crippen LogP contribution in [-0.4, -0.2) is 54.6 Å². The van der Waals surface area contributed by atoms with E-state index in [1.165, 1.54) is 12.1 Å². The molecule has 186 valence electrons. The van der Waals surface area contributed by atoms with Gasteiger partial charge in [0.15, 0.2) is 11.7 Å². The van der Waals surface area contributed by atoms with Crippen LogP contribution in [-0.2, 0) is 4.79 Å². The first kappa shape index (κ1) is 25.4. The van der Waals surface area contributed by atoms with E-state index in [0.717, 1.165) is 5.69 Å². The molecule has 1 saturated heterocycles. The maximum absolute atomic E-state index is 14.0. The highest BCUT2D eigenvalue weighted by molar-refractivity contribution is 7.80. The molecule has 1 aliphatic heterocycles. The highest BCUT2D eigenvalue weighted by atomic mass is 35.5. The van der Waals surface area contributed by atoms with Crippen LogP contribution in [0.5, 0.6) is 5.75 Å². The van der Waals surface area contributed by atoms with E-state index in [1.54, 1.807) is 41.3 Å². The Kier molecular flexibility index (Phi) is 8.35. The number of para-hydroxylation sites is 1. The van der Waals surface area contributed by atoms with Crippen molar-refractivity contribution in [2.24, 2.45) is 0 Å². The average molecular weight is 527 g/mol. The molecular formula is C26H24ClFN4O3S. The van der Waals surface area contributed by atoms with Crippen LogP contribution in [0.25, 0.3) is 0 Å². The zero-order valence-corrected chi connectivity index (χ0v) is 20.8. The van der Waals surface area contributed by atoms with Crippen LogP contribution < -0.4 is 20.3 Å². The number of carbonyl (C=O) groups excluding carboxylic acids is 2. The van der Waals surface area contributed by atoms with Crippen molar-refractivity contribution in [1.29, 1.82) is 0 Å². The molecule has 1 fully saturated rings. The molecule has 0 unspecified atom stereocenters. The van der Waals surface area contributed by atoms with Crippen molar-refractivity contribution < 1.29 is 18.7 Å². The lowest BCUT2D eigenvalue weighted by Crippen LogP contribution is -2.49. The zero-order chi connectivity index (χ0) is 25.5. The number of carbonyl (C=O) groups is 2. The fourth-order valence-electron chi connectivity index (χ4n) is 3.82. The van der Waals surface area contributed by atoms with E-state index in [0.29, 0.717) is 42.6 Å². The number of hydrogen-bond acceptors (Lipinski definition) is 5. The lowest BCUT2D eigenvalue weighted by molar-refractivity contribution is -0.121. The Hall–Kier alpha value is -3.69. The molecule has 0 spiro atoms. The molecule has 1 aliphatic rings. The van der Waals surface area contributed by atoms with Crippen LogP contribution >= 0.6 is 23.8 Å². The fraction of sp³-hybridized carbons (Fsp3) is 0.192. The van der Waals surface area contributed by atoms with Gasteiger partial charge in [-0.25, -0.2) is 4.39 Å². The van der Waals surface area contributed by atoms with Gasteiger partial charge in [-0.15, -0.1) is 0 Å². The molecule has 3 aromatic carbocycles. The van der Waals surface area contributed by atoms with Crippen LogP contribution in [0.4, 0.5) is 15.8 Å². The molecule has 0 saturated carbocycles. The van der Waals surface area contributed by atoms with Gasteiger partial charge >= 0.3 is 0 Å². The monoisotopic (exact) mass is 526 g/mol. The van der Waals surface area contributed by atoms with Crippen molar-refractivity contribution in [1.82, 2.24) is 10.2 Å². The van der Waals surface area contributed by atoms with Gasteiger partial charge < -0.3 is 19.9 Å². The molecule has 2 N–H and O–H groups in total. The van der Waals surface area contributed by atoms with Crippen molar-refractivity contribution in [2.75, 3.05) is 43.0 Å². The van der Waals surface area contributed by atoms with Crippen LogP contribution in [0.3, 0.4) is 0 Å². The number of benzene rings is 3. The van der Waals surface area contributed by atoms with Gasteiger partial charge in [-0.3, -0.25) is 14.9 Å². The lowest BCUT2D eigenvalue weighted by Gasteiger charge is -2.37. The minimum Gasteiger partial charge on any atom is -0.484 e. The van der Waals surface area contributed by atoms with Crippen LogP contribution in [0.2, 0.25) is 5.02 Å². The van der Waals surface area contributed by atoms with E-state index < -0.39 is 11.7 Å². The highest BCUT2D eigenvalue weighted by Gasteiger charge is 2.25. The predicted molar refractivity (Wildman–Crippen MR) is 142 cm³/mol. The molecule has 2 amide bonds. The lowest BCUT2D eigenvalue weighted by atomic mass is 10.1. The van der Waals surface area contributed by atoms with Crippen LogP contribution in [0.1, 0.15) is 10.4 Å². The fourth-order valence-corrected chi connectivity index (χ4v) is 4.22. The summed E-state index contributed by atoms with van der Waals surface area (Å²) in [6.45, 7) is 1.72. The van der Waals surface area contributed by atoms with Gasteiger partial charge in [-0.05, 0) is 54.7 Å². The number of nitrogens with zero attached hydrogens (tertiary/aromatic N) is 2. The number of piperazine rings is 1. The predicted octanol–water partition coefficient (Wildman–Crippen LogP) is 4.33. The summed E-state index contributed by atoms with van der Waals surface area (Å²) in [5.41, 5.74) is 1.50. The smallest absolute Gasteiger partial charge is 0.264 e. The van der Waals surface area contributed by atoms with E-state index >= 15 is 0 Å². The summed E-state index contributed by atoms with van der Waals surface area (Å²) in [6.07, 6.45) is 0. The quantitative estimate of drug-likeness (QED) is 0.466. The maximum Gasteiger partial charge on any atom is 0.264 e. The Morgan fingerprint density at radius 1 is 0.972 bits per heavy atom. The van der Waals surface area contributed by atoms with Crippen molar-refractivity contribution in [3.8, 4) is 5.75 Å². The molecule has 0 radical (unpaired) electrons. The Morgan fingerprint density at radius 2 is 1.67 bits per heavy atom. The van der Waals surface area contributed by atoms with Gasteiger partial charge in [0, 0.05) is 31.2 Å². The molecule has 10 heteroatoms. The summed E-state index contributed by atoms with van der Waals surface area (Å²) >= 11 is 11.5. The number of halogens is 2. The van der Waals surface area contributed by atoms with E-state index in [1.807, 2.05) is 24.3 Å². The molecule has 1 heterocycles. The molecule has 0 aliphatic carbocycles. The van der Waals surface area contributed by atoms with Gasteiger partial charge in [0.1, 0.15) is 11.6 Å². The summed E-state index contributed by atoms with van der Waals surface area (Å²) < 4.78 is 19.5. The van der Waals surface area contributed by atoms with Crippen molar-refractivity contribution in [3.05, 3.63) is 89.2 Å². The minimum atomic E-state index is -0.529. The van der Waals surface area contributed by atoms with Crippen molar-refractivity contribution in [3.63, 3.8) is 0 Å². The Balaban J connectivity index is 1.35. The molecule has 0 aromatic heterocycles. The topological polar surface area (TPSA) is 73.9 Å². The first-order valence-corrected chi connectivity index (χ1v) is 12.1. The summed E-state index contributed by atoms with van der Waals surface area (Å²) in [7, 11) is 0. The molecule has 0 atom stereocenters. The SMILES string of the molecule is O=C(COc1ccccc1)NC(=S)Nc1cc(Cl)ccc1N1CCN(C(=O)c2ccccc2F)CC1. The first-order chi connectivity index (χ1) is 17.4. The number of amides is 2. The molecule has 3 aromatic rings. The Bertz CT molecular complexity index is 1250. The third-order valence-electron chi connectivity index (χ3n) is 5.58. The second kappa shape index (κ2) is 11.8. The molecule has 7 nitrogen and oxygen atoms in total. The van der Waals surface area contributed by atoms with Crippen molar-refractivity contribution in [2.45, 2.75) is 0 Å². The van der Waals surface area contributed by atoms with E-state index in [4.69, 9.17) is 28.6 Å². The highest BCUT2D eigenvalue weighted by Crippen LogP contribution is 2.30. The summed E-state index contributed by atoms with van der Waals surface area (Å²) in [6, 6.07) is 20.3. The number of nitrogens with one attached hydrogen (secondary N) is 2. The Labute approximate surface area is 218 Å². The minimum absolute atomic E-state index is 0.0668. The van der Waals surface area contributed by atoms with Gasteiger partial charge in [0.05, 0.1) is 16.9 Å². The number of thiocarbonyl (C=S) groups is 1. The van der Waals surface area contributed by atoms with E-state index in [-0.39, 0.29) is 23.2 Å². The standard InChI is InChI=1S/C26H24ClFN4O3S/c27-18-10-11-23(31-12-14-32(15-13-31)25(34)20-8-4-5-9-21(20)28)22(16-18)29-26(36)30-24(33)17-35-19-6-2-1-3-7-19/h1-11,16H,12-15,17H2,(H2,29,30,33,36). The number of hydrogen-bond donors (Lipinski definition) is 2. The van der Waals surface area contributed by atoms with Crippen LogP contribution in [0.15, 0.2) is 72.8 Å². The van der Waals surface area contributed by atoms with Gasteiger partial charge in [0.2, 0.25) is 0 Å². The average Bonchev–Trinajstić information content (AvgIpc) is 2.88. The van der Waals surface area contributed by atoms with Crippen molar-refractivity contribution >= 4 is 52.1 Å². The third-order valence-corrected chi connectivity index (χ3v) is 6.02.